The van der Waals surface area contributed by atoms with Crippen LogP contribution in [0.4, 0.5) is 0 Å². The van der Waals surface area contributed by atoms with Crippen molar-refractivity contribution in [1.82, 2.24) is 20.4 Å². The van der Waals surface area contributed by atoms with E-state index in [0.717, 1.165) is 25.6 Å². The Hall–Kier alpha value is -1.11. The van der Waals surface area contributed by atoms with Gasteiger partial charge in [-0.15, -0.1) is 11.3 Å². The third kappa shape index (κ3) is 5.96. The van der Waals surface area contributed by atoms with E-state index < -0.39 is 0 Å². The number of thiophene rings is 1. The topological polar surface area (TPSA) is 42.9 Å². The lowest BCUT2D eigenvalue weighted by molar-refractivity contribution is 0.0173. The van der Waals surface area contributed by atoms with Gasteiger partial charge in [-0.1, -0.05) is 26.3 Å². The van der Waals surface area contributed by atoms with Gasteiger partial charge in [0.05, 0.1) is 6.54 Å². The minimum Gasteiger partial charge on any atom is -0.357 e. The number of rotatable bonds is 7. The lowest BCUT2D eigenvalue weighted by Gasteiger charge is -2.50. The molecule has 164 valence electrons. The van der Waals surface area contributed by atoms with Gasteiger partial charge in [0.1, 0.15) is 0 Å². The molecule has 0 bridgehead atoms. The molecule has 1 aromatic heterocycles. The lowest BCUT2D eigenvalue weighted by Crippen LogP contribution is -2.62. The van der Waals surface area contributed by atoms with E-state index in [9.17, 15) is 0 Å². The van der Waals surface area contributed by atoms with Crippen molar-refractivity contribution in [2.75, 3.05) is 52.9 Å². The molecular formula is C23H41N5S. The summed E-state index contributed by atoms with van der Waals surface area (Å²) in [6, 6.07) is 4.36. The van der Waals surface area contributed by atoms with Gasteiger partial charge in [-0.3, -0.25) is 9.89 Å². The van der Waals surface area contributed by atoms with Crippen LogP contribution in [0.2, 0.25) is 0 Å². The van der Waals surface area contributed by atoms with Crippen LogP contribution in [-0.4, -0.2) is 74.2 Å². The van der Waals surface area contributed by atoms with Crippen molar-refractivity contribution in [3.8, 4) is 0 Å². The molecule has 0 aliphatic carbocycles. The quantitative estimate of drug-likeness (QED) is 0.524. The van der Waals surface area contributed by atoms with Crippen molar-refractivity contribution in [3.05, 3.63) is 22.4 Å². The Morgan fingerprint density at radius 3 is 2.48 bits per heavy atom. The first kappa shape index (κ1) is 22.6. The van der Waals surface area contributed by atoms with Crippen molar-refractivity contribution >= 4 is 17.3 Å². The Labute approximate surface area is 182 Å². The van der Waals surface area contributed by atoms with Crippen molar-refractivity contribution in [3.63, 3.8) is 0 Å². The smallest absolute Gasteiger partial charge is 0.191 e. The summed E-state index contributed by atoms with van der Waals surface area (Å²) in [5.74, 6) is 0.965. The number of aliphatic imine (C=N–C) groups is 1. The molecular weight excluding hydrogens is 378 g/mol. The molecule has 6 heteroatoms. The van der Waals surface area contributed by atoms with E-state index >= 15 is 0 Å². The third-order valence-electron chi connectivity index (χ3n) is 6.69. The molecule has 0 unspecified atom stereocenters. The summed E-state index contributed by atoms with van der Waals surface area (Å²) in [5.41, 5.74) is 0.334. The number of piperidine rings is 2. The third-order valence-corrected chi connectivity index (χ3v) is 7.93. The maximum Gasteiger partial charge on any atom is 0.191 e. The van der Waals surface area contributed by atoms with Gasteiger partial charge >= 0.3 is 0 Å². The molecule has 2 saturated heterocycles. The first-order chi connectivity index (χ1) is 14.0. The number of guanidine groups is 1. The van der Waals surface area contributed by atoms with Gasteiger partial charge in [0.2, 0.25) is 0 Å². The SMILES string of the molecule is CCNC(=NCC(C)(C)c1cccs1)NCC1(N2CCCCC2)CCN(C)CC1. The van der Waals surface area contributed by atoms with Crippen molar-refractivity contribution in [2.45, 2.75) is 63.8 Å². The highest BCUT2D eigenvalue weighted by Gasteiger charge is 2.39. The van der Waals surface area contributed by atoms with Crippen LogP contribution in [0.3, 0.4) is 0 Å². The predicted octanol–water partition coefficient (Wildman–Crippen LogP) is 3.53. The molecule has 0 atom stereocenters. The van der Waals surface area contributed by atoms with E-state index in [1.807, 2.05) is 11.3 Å². The van der Waals surface area contributed by atoms with E-state index in [1.165, 1.54) is 63.2 Å². The van der Waals surface area contributed by atoms with Gasteiger partial charge in [-0.25, -0.2) is 0 Å². The second-order valence-electron chi connectivity index (χ2n) is 9.49. The Kier molecular flexibility index (Phi) is 7.99. The Bertz CT molecular complexity index is 626. The summed E-state index contributed by atoms with van der Waals surface area (Å²) in [4.78, 5) is 11.7. The lowest BCUT2D eigenvalue weighted by atomic mass is 9.84. The van der Waals surface area contributed by atoms with Gasteiger partial charge in [0, 0.05) is 28.9 Å². The molecule has 0 saturated carbocycles. The molecule has 1 aromatic rings. The van der Waals surface area contributed by atoms with Crippen LogP contribution >= 0.6 is 11.3 Å². The zero-order chi connectivity index (χ0) is 20.7. The predicted molar refractivity (Wildman–Crippen MR) is 126 cm³/mol. The summed E-state index contributed by atoms with van der Waals surface area (Å²) >= 11 is 1.83. The minimum absolute atomic E-state index is 0.0641. The first-order valence-corrected chi connectivity index (χ1v) is 12.3. The molecule has 0 radical (unpaired) electrons. The van der Waals surface area contributed by atoms with Gasteiger partial charge in [-0.2, -0.15) is 0 Å². The van der Waals surface area contributed by atoms with Crippen molar-refractivity contribution < 1.29 is 0 Å². The number of nitrogens with one attached hydrogen (secondary N) is 2. The fourth-order valence-electron chi connectivity index (χ4n) is 4.62. The van der Waals surface area contributed by atoms with E-state index in [-0.39, 0.29) is 11.0 Å². The van der Waals surface area contributed by atoms with E-state index in [0.29, 0.717) is 0 Å². The summed E-state index contributed by atoms with van der Waals surface area (Å²) < 4.78 is 0. The van der Waals surface area contributed by atoms with Crippen LogP contribution in [0.15, 0.2) is 22.5 Å². The highest BCUT2D eigenvalue weighted by Crippen LogP contribution is 2.31. The molecule has 2 N–H and O–H groups in total. The average molecular weight is 420 g/mol. The highest BCUT2D eigenvalue weighted by molar-refractivity contribution is 7.10. The highest BCUT2D eigenvalue weighted by atomic mass is 32.1. The second-order valence-corrected chi connectivity index (χ2v) is 10.4. The number of hydrogen-bond donors (Lipinski definition) is 2. The summed E-state index contributed by atoms with van der Waals surface area (Å²) in [7, 11) is 2.26. The zero-order valence-corrected chi connectivity index (χ0v) is 19.8. The fraction of sp³-hybridized carbons (Fsp3) is 0.783. The van der Waals surface area contributed by atoms with Crippen LogP contribution in [0.25, 0.3) is 0 Å². The monoisotopic (exact) mass is 419 g/mol. The van der Waals surface area contributed by atoms with Crippen LogP contribution in [0.5, 0.6) is 0 Å². The summed E-state index contributed by atoms with van der Waals surface area (Å²) in [6.07, 6.45) is 6.58. The Morgan fingerprint density at radius 2 is 1.86 bits per heavy atom. The van der Waals surface area contributed by atoms with Crippen LogP contribution in [0.1, 0.15) is 57.8 Å². The molecule has 3 heterocycles. The Morgan fingerprint density at radius 1 is 1.14 bits per heavy atom. The van der Waals surface area contributed by atoms with E-state index in [1.54, 1.807) is 0 Å². The largest absolute Gasteiger partial charge is 0.357 e. The molecule has 2 fully saturated rings. The van der Waals surface area contributed by atoms with Crippen molar-refractivity contribution in [2.24, 2.45) is 4.99 Å². The number of nitrogens with zero attached hydrogens (tertiary/aromatic N) is 3. The molecule has 0 aromatic carbocycles. The molecule has 2 aliphatic heterocycles. The van der Waals surface area contributed by atoms with Gasteiger partial charge in [0.15, 0.2) is 5.96 Å². The molecule has 29 heavy (non-hydrogen) atoms. The molecule has 3 rings (SSSR count). The second kappa shape index (κ2) is 10.3. The molecule has 5 nitrogen and oxygen atoms in total. The van der Waals surface area contributed by atoms with Gasteiger partial charge in [0.25, 0.3) is 0 Å². The maximum absolute atomic E-state index is 4.99. The standard InChI is InChI=1S/C23H41N5S/c1-5-24-21(25-18-22(2,3)20-10-9-17-29-20)26-19-23(11-15-27(4)16-12-23)28-13-7-6-8-14-28/h9-10,17H,5-8,11-16,18-19H2,1-4H3,(H2,24,25,26). The normalized spacial score (nSPS) is 21.9. The fourth-order valence-corrected chi connectivity index (χ4v) is 5.46. The Balaban J connectivity index is 1.67. The molecule has 0 amide bonds. The minimum atomic E-state index is 0.0641. The van der Waals surface area contributed by atoms with Gasteiger partial charge in [-0.05, 0) is 77.3 Å². The molecule has 2 aliphatic rings. The maximum atomic E-state index is 4.99. The summed E-state index contributed by atoms with van der Waals surface area (Å²) in [6.45, 7) is 14.3. The number of likely N-dealkylation sites (tertiary alicyclic amines) is 2. The molecule has 0 spiro atoms. The number of hydrogen-bond acceptors (Lipinski definition) is 4. The van der Waals surface area contributed by atoms with Gasteiger partial charge < -0.3 is 15.5 Å². The summed E-state index contributed by atoms with van der Waals surface area (Å²) in [5, 5.41) is 9.39. The first-order valence-electron chi connectivity index (χ1n) is 11.4. The van der Waals surface area contributed by atoms with E-state index in [2.05, 4.69) is 65.8 Å². The van der Waals surface area contributed by atoms with Crippen molar-refractivity contribution in [1.29, 1.82) is 0 Å². The van der Waals surface area contributed by atoms with E-state index in [4.69, 9.17) is 4.99 Å². The average Bonchev–Trinajstić information content (AvgIpc) is 3.28. The van der Waals surface area contributed by atoms with Crippen LogP contribution in [0, 0.1) is 0 Å². The van der Waals surface area contributed by atoms with Crippen LogP contribution < -0.4 is 10.6 Å². The zero-order valence-electron chi connectivity index (χ0n) is 19.0. The van der Waals surface area contributed by atoms with Crippen LogP contribution in [-0.2, 0) is 5.41 Å².